The summed E-state index contributed by atoms with van der Waals surface area (Å²) in [4.78, 5) is 19.6. The average Bonchev–Trinajstić information content (AvgIpc) is 2.97. The molecule has 2 fully saturated rings. The molecule has 0 N–H and O–H groups in total. The molecular formula is C21H22N2O3. The van der Waals surface area contributed by atoms with Crippen LogP contribution in [0.25, 0.3) is 0 Å². The molecule has 134 valence electrons. The summed E-state index contributed by atoms with van der Waals surface area (Å²) in [5, 5.41) is 0. The number of hydrogen-bond donors (Lipinski definition) is 0. The Kier molecular flexibility index (Phi) is 3.80. The molecule has 5 rings (SSSR count). The Morgan fingerprint density at radius 3 is 2.54 bits per heavy atom. The molecule has 1 aromatic heterocycles. The minimum atomic E-state index is 0.124. The number of ether oxygens (including phenoxy) is 2. The summed E-state index contributed by atoms with van der Waals surface area (Å²) in [6.07, 6.45) is 8.04. The smallest absolute Gasteiger partial charge is 0.254 e. The lowest BCUT2D eigenvalue weighted by atomic mass is 9.85. The molecule has 5 heteroatoms. The molecule has 0 unspecified atom stereocenters. The van der Waals surface area contributed by atoms with Crippen molar-refractivity contribution in [3.8, 4) is 11.5 Å². The molecule has 26 heavy (non-hydrogen) atoms. The number of pyridine rings is 1. The van der Waals surface area contributed by atoms with E-state index in [1.165, 1.54) is 5.56 Å². The van der Waals surface area contributed by atoms with E-state index in [0.717, 1.165) is 31.4 Å². The van der Waals surface area contributed by atoms with E-state index in [1.807, 2.05) is 36.7 Å². The molecular weight excluding hydrogens is 328 g/mol. The molecule has 0 saturated carbocycles. The van der Waals surface area contributed by atoms with E-state index in [0.29, 0.717) is 42.5 Å². The number of hydrogen-bond acceptors (Lipinski definition) is 4. The van der Waals surface area contributed by atoms with E-state index in [2.05, 4.69) is 16.0 Å². The normalized spacial score (nSPS) is 26.6. The summed E-state index contributed by atoms with van der Waals surface area (Å²) in [5.74, 6) is 2.04. The Balaban J connectivity index is 1.37. The number of fused-ring (bicyclic) bond motifs is 3. The third-order valence-electron chi connectivity index (χ3n) is 5.91. The van der Waals surface area contributed by atoms with Crippen LogP contribution < -0.4 is 9.47 Å². The molecule has 1 aromatic carbocycles. The number of amides is 1. The third kappa shape index (κ3) is 2.62. The second-order valence-corrected chi connectivity index (χ2v) is 7.41. The van der Waals surface area contributed by atoms with Crippen LogP contribution in [0.3, 0.4) is 0 Å². The Morgan fingerprint density at radius 2 is 1.81 bits per heavy atom. The molecule has 0 aliphatic carbocycles. The minimum Gasteiger partial charge on any atom is -0.486 e. The van der Waals surface area contributed by atoms with Crippen LogP contribution in [-0.4, -0.2) is 41.1 Å². The first-order chi connectivity index (χ1) is 12.8. The summed E-state index contributed by atoms with van der Waals surface area (Å²) in [7, 11) is 0. The summed E-state index contributed by atoms with van der Waals surface area (Å²) in [5.41, 5.74) is 2.00. The summed E-state index contributed by atoms with van der Waals surface area (Å²) < 4.78 is 11.2. The van der Waals surface area contributed by atoms with Gasteiger partial charge in [0.25, 0.3) is 5.91 Å². The van der Waals surface area contributed by atoms with Gasteiger partial charge in [-0.25, -0.2) is 0 Å². The maximum Gasteiger partial charge on any atom is 0.254 e. The second-order valence-electron chi connectivity index (χ2n) is 7.41. The first-order valence-electron chi connectivity index (χ1n) is 9.42. The average molecular weight is 350 g/mol. The minimum absolute atomic E-state index is 0.124. The lowest BCUT2D eigenvalue weighted by Gasteiger charge is -2.39. The summed E-state index contributed by atoms with van der Waals surface area (Å²) >= 11 is 0. The highest BCUT2D eigenvalue weighted by atomic mass is 16.6. The van der Waals surface area contributed by atoms with Crippen LogP contribution in [0.15, 0.2) is 42.7 Å². The van der Waals surface area contributed by atoms with Crippen molar-refractivity contribution >= 4 is 5.91 Å². The molecule has 5 nitrogen and oxygen atoms in total. The quantitative estimate of drug-likeness (QED) is 0.833. The zero-order chi connectivity index (χ0) is 17.5. The molecule has 3 aliphatic rings. The largest absolute Gasteiger partial charge is 0.486 e. The number of piperidine rings is 1. The monoisotopic (exact) mass is 350 g/mol. The fourth-order valence-corrected chi connectivity index (χ4v) is 4.72. The predicted octanol–water partition coefficient (Wildman–Crippen LogP) is 3.40. The van der Waals surface area contributed by atoms with Crippen LogP contribution in [0.1, 0.15) is 47.5 Å². The fourth-order valence-electron chi connectivity index (χ4n) is 4.72. The number of aromatic nitrogens is 1. The Labute approximate surface area is 152 Å². The van der Waals surface area contributed by atoms with Crippen molar-refractivity contribution in [2.45, 2.75) is 43.7 Å². The Bertz CT molecular complexity index is 809. The number of carbonyl (C=O) groups excluding carboxylic acids is 1. The van der Waals surface area contributed by atoms with Gasteiger partial charge < -0.3 is 14.4 Å². The van der Waals surface area contributed by atoms with E-state index in [-0.39, 0.29) is 5.91 Å². The highest BCUT2D eigenvalue weighted by Gasteiger charge is 2.43. The maximum atomic E-state index is 13.2. The highest BCUT2D eigenvalue weighted by molar-refractivity contribution is 5.95. The van der Waals surface area contributed by atoms with Crippen molar-refractivity contribution in [1.82, 2.24) is 9.88 Å². The molecule has 2 bridgehead atoms. The van der Waals surface area contributed by atoms with Gasteiger partial charge in [-0.3, -0.25) is 9.78 Å². The van der Waals surface area contributed by atoms with Gasteiger partial charge in [0, 0.05) is 30.0 Å². The van der Waals surface area contributed by atoms with Crippen LogP contribution in [0.4, 0.5) is 0 Å². The van der Waals surface area contributed by atoms with E-state index >= 15 is 0 Å². The van der Waals surface area contributed by atoms with Crippen molar-refractivity contribution in [3.05, 3.63) is 53.9 Å². The van der Waals surface area contributed by atoms with Crippen LogP contribution >= 0.6 is 0 Å². The van der Waals surface area contributed by atoms with Crippen LogP contribution in [-0.2, 0) is 0 Å². The SMILES string of the molecule is O=C(c1ccc2c(c1)OCCO2)N1[C@@H]2CC[C@H]1C[C@@H](c1cccnc1)C2. The van der Waals surface area contributed by atoms with Crippen molar-refractivity contribution in [2.75, 3.05) is 13.2 Å². The molecule has 1 amide bonds. The van der Waals surface area contributed by atoms with Gasteiger partial charge in [-0.05, 0) is 61.4 Å². The lowest BCUT2D eigenvalue weighted by molar-refractivity contribution is 0.0570. The second kappa shape index (κ2) is 6.31. The first-order valence-corrected chi connectivity index (χ1v) is 9.42. The highest BCUT2D eigenvalue weighted by Crippen LogP contribution is 2.44. The molecule has 2 aromatic rings. The van der Waals surface area contributed by atoms with Gasteiger partial charge in [0.15, 0.2) is 11.5 Å². The Morgan fingerprint density at radius 1 is 1.04 bits per heavy atom. The molecule has 0 spiro atoms. The van der Waals surface area contributed by atoms with Gasteiger partial charge in [-0.15, -0.1) is 0 Å². The van der Waals surface area contributed by atoms with Crippen LogP contribution in [0, 0.1) is 0 Å². The maximum absolute atomic E-state index is 13.2. The summed E-state index contributed by atoms with van der Waals surface area (Å²) in [6.45, 7) is 1.10. The van der Waals surface area contributed by atoms with Crippen molar-refractivity contribution in [2.24, 2.45) is 0 Å². The third-order valence-corrected chi connectivity index (χ3v) is 5.91. The van der Waals surface area contributed by atoms with Crippen LogP contribution in [0.2, 0.25) is 0 Å². The van der Waals surface area contributed by atoms with E-state index in [9.17, 15) is 4.79 Å². The zero-order valence-corrected chi connectivity index (χ0v) is 14.6. The van der Waals surface area contributed by atoms with E-state index in [4.69, 9.17) is 9.47 Å². The summed E-state index contributed by atoms with van der Waals surface area (Å²) in [6, 6.07) is 10.4. The topological polar surface area (TPSA) is 51.7 Å². The molecule has 0 radical (unpaired) electrons. The Hall–Kier alpha value is -2.56. The lowest BCUT2D eigenvalue weighted by Crippen LogP contribution is -2.46. The zero-order valence-electron chi connectivity index (χ0n) is 14.6. The van der Waals surface area contributed by atoms with E-state index in [1.54, 1.807) is 0 Å². The standard InChI is InChI=1S/C21H22N2O3/c24-21(14-3-6-19-20(12-14)26-9-8-25-19)23-17-4-5-18(23)11-16(10-17)15-2-1-7-22-13-15/h1-3,6-7,12-13,16-18H,4-5,8-11H2/t16-,17+,18-. The number of carbonyl (C=O) groups is 1. The molecule has 2 saturated heterocycles. The van der Waals surface area contributed by atoms with Gasteiger partial charge in [0.1, 0.15) is 13.2 Å². The van der Waals surface area contributed by atoms with Gasteiger partial charge in [0.2, 0.25) is 0 Å². The van der Waals surface area contributed by atoms with Gasteiger partial charge in [-0.2, -0.15) is 0 Å². The molecule has 4 heterocycles. The van der Waals surface area contributed by atoms with Crippen molar-refractivity contribution in [3.63, 3.8) is 0 Å². The van der Waals surface area contributed by atoms with Crippen molar-refractivity contribution in [1.29, 1.82) is 0 Å². The van der Waals surface area contributed by atoms with Gasteiger partial charge in [-0.1, -0.05) is 6.07 Å². The van der Waals surface area contributed by atoms with Gasteiger partial charge in [0.05, 0.1) is 0 Å². The molecule has 3 atom stereocenters. The van der Waals surface area contributed by atoms with E-state index < -0.39 is 0 Å². The number of nitrogens with zero attached hydrogens (tertiary/aromatic N) is 2. The fraction of sp³-hybridized carbons (Fsp3) is 0.429. The molecule has 3 aliphatic heterocycles. The van der Waals surface area contributed by atoms with Crippen molar-refractivity contribution < 1.29 is 14.3 Å². The first kappa shape index (κ1) is 15.7. The number of rotatable bonds is 2. The number of benzene rings is 1. The van der Waals surface area contributed by atoms with Crippen LogP contribution in [0.5, 0.6) is 11.5 Å². The predicted molar refractivity (Wildman–Crippen MR) is 96.6 cm³/mol. The van der Waals surface area contributed by atoms with Gasteiger partial charge >= 0.3 is 0 Å².